The van der Waals surface area contributed by atoms with Crippen molar-refractivity contribution in [1.29, 1.82) is 0 Å². The Kier molecular flexibility index (Phi) is 11.0. The van der Waals surface area contributed by atoms with Crippen molar-refractivity contribution in [1.82, 2.24) is 14.7 Å². The van der Waals surface area contributed by atoms with Crippen molar-refractivity contribution in [3.63, 3.8) is 0 Å². The zero-order valence-electron chi connectivity index (χ0n) is 22.3. The number of allylic oxidation sites excluding steroid dienone is 4. The number of ether oxygens (including phenoxy) is 1. The summed E-state index contributed by atoms with van der Waals surface area (Å²) < 4.78 is 37.4. The summed E-state index contributed by atoms with van der Waals surface area (Å²) in [5.74, 6) is -0.149. The second-order valence-corrected chi connectivity index (χ2v) is 11.1. The second-order valence-electron chi connectivity index (χ2n) is 9.17. The molecule has 1 N–H and O–H groups in total. The van der Waals surface area contributed by atoms with Crippen molar-refractivity contribution < 1.29 is 27.3 Å². The molecule has 0 aromatic heterocycles. The Morgan fingerprint density at radius 1 is 0.897 bits per heavy atom. The molecule has 0 radical (unpaired) electrons. The summed E-state index contributed by atoms with van der Waals surface area (Å²) in [5, 5.41) is 0.259. The first kappa shape index (κ1) is 30.3. The van der Waals surface area contributed by atoms with Gasteiger partial charge >= 0.3 is 0 Å². The van der Waals surface area contributed by atoms with E-state index in [4.69, 9.17) is 21.5 Å². The Hall–Kier alpha value is -3.28. The minimum Gasteiger partial charge on any atom is -0.439 e. The highest BCUT2D eigenvalue weighted by Gasteiger charge is 2.38. The van der Waals surface area contributed by atoms with E-state index in [2.05, 4.69) is 0 Å². The van der Waals surface area contributed by atoms with E-state index in [1.54, 1.807) is 29.3 Å². The number of hydrogen-bond donors (Lipinski definition) is 1. The molecule has 2 aliphatic rings. The van der Waals surface area contributed by atoms with Crippen LogP contribution in [0, 0.1) is 0 Å². The monoisotopic (exact) mass is 573 g/mol. The molecule has 39 heavy (non-hydrogen) atoms. The highest BCUT2D eigenvalue weighted by atomic mass is 32.2. The zero-order valence-corrected chi connectivity index (χ0v) is 23.9. The van der Waals surface area contributed by atoms with Crippen LogP contribution in [0.5, 0.6) is 0 Å². The SMILES string of the molecule is CCCCN1C(=O)C(=C/C=C/C=C2/OC(c3ccccc3)=CN2CCCS(=O)(=O)O)C(=O)N(CCCC)C1=S. The smallest absolute Gasteiger partial charge is 0.265 e. The number of rotatable bonds is 13. The van der Waals surface area contributed by atoms with Crippen LogP contribution in [0.25, 0.3) is 5.76 Å². The highest BCUT2D eigenvalue weighted by Crippen LogP contribution is 2.29. The molecule has 11 heteroatoms. The fraction of sp³-hybridized carbons (Fsp3) is 0.393. The molecule has 1 saturated heterocycles. The van der Waals surface area contributed by atoms with Gasteiger partial charge in [0, 0.05) is 25.2 Å². The van der Waals surface area contributed by atoms with Crippen LogP contribution >= 0.6 is 12.2 Å². The molecular weight excluding hydrogens is 538 g/mol. The minimum absolute atomic E-state index is 0.0471. The predicted octanol–water partition coefficient (Wildman–Crippen LogP) is 4.48. The summed E-state index contributed by atoms with van der Waals surface area (Å²) in [6.45, 7) is 5.26. The van der Waals surface area contributed by atoms with Gasteiger partial charge in [0.2, 0.25) is 0 Å². The van der Waals surface area contributed by atoms with Gasteiger partial charge in [-0.3, -0.25) is 23.9 Å². The fourth-order valence-corrected chi connectivity index (χ4v) is 4.86. The van der Waals surface area contributed by atoms with Crippen LogP contribution in [-0.2, 0) is 24.4 Å². The van der Waals surface area contributed by atoms with Crippen LogP contribution in [0.15, 0.2) is 72.3 Å². The van der Waals surface area contributed by atoms with E-state index in [9.17, 15) is 18.0 Å². The van der Waals surface area contributed by atoms with Crippen LogP contribution in [0.3, 0.4) is 0 Å². The normalized spacial score (nSPS) is 17.5. The molecule has 2 amide bonds. The number of carbonyl (C=O) groups excluding carboxylic acids is 2. The maximum Gasteiger partial charge on any atom is 0.265 e. The molecule has 1 aromatic carbocycles. The van der Waals surface area contributed by atoms with Crippen molar-refractivity contribution in [2.75, 3.05) is 25.4 Å². The Morgan fingerprint density at radius 2 is 1.49 bits per heavy atom. The molecule has 9 nitrogen and oxygen atoms in total. The lowest BCUT2D eigenvalue weighted by atomic mass is 10.1. The van der Waals surface area contributed by atoms with Crippen LogP contribution in [0.1, 0.15) is 51.5 Å². The summed E-state index contributed by atoms with van der Waals surface area (Å²) in [6, 6.07) is 9.44. The molecule has 1 aromatic rings. The third-order valence-electron chi connectivity index (χ3n) is 6.13. The average Bonchev–Trinajstić information content (AvgIpc) is 3.30. The van der Waals surface area contributed by atoms with Crippen LogP contribution in [-0.4, -0.2) is 70.0 Å². The molecule has 210 valence electrons. The summed E-state index contributed by atoms with van der Waals surface area (Å²) in [4.78, 5) is 31.0. The molecule has 3 rings (SSSR count). The van der Waals surface area contributed by atoms with Crippen LogP contribution < -0.4 is 0 Å². The van der Waals surface area contributed by atoms with Gasteiger partial charge in [-0.15, -0.1) is 0 Å². The predicted molar refractivity (Wildman–Crippen MR) is 154 cm³/mol. The van der Waals surface area contributed by atoms with Gasteiger partial charge in [0.15, 0.2) is 16.8 Å². The Morgan fingerprint density at radius 3 is 2.05 bits per heavy atom. The van der Waals surface area contributed by atoms with E-state index in [0.717, 1.165) is 31.2 Å². The molecule has 0 spiro atoms. The molecular formula is C28H35N3O6S2. The van der Waals surface area contributed by atoms with Gasteiger partial charge in [-0.05, 0) is 43.6 Å². The molecule has 2 heterocycles. The van der Waals surface area contributed by atoms with Gasteiger partial charge in [0.05, 0.1) is 12.0 Å². The van der Waals surface area contributed by atoms with Crippen LogP contribution in [0.4, 0.5) is 0 Å². The van der Waals surface area contributed by atoms with Crippen molar-refractivity contribution in [2.24, 2.45) is 0 Å². The summed E-state index contributed by atoms with van der Waals surface area (Å²) in [7, 11) is -4.08. The van der Waals surface area contributed by atoms with Crippen molar-refractivity contribution in [3.05, 3.63) is 77.9 Å². The summed E-state index contributed by atoms with van der Waals surface area (Å²) in [6.07, 6.45) is 11.7. The van der Waals surface area contributed by atoms with Gasteiger partial charge in [-0.2, -0.15) is 8.42 Å². The van der Waals surface area contributed by atoms with Crippen molar-refractivity contribution >= 4 is 45.0 Å². The number of nitrogens with zero attached hydrogens (tertiary/aromatic N) is 3. The first-order valence-corrected chi connectivity index (χ1v) is 15.1. The standard InChI is InChI=1S/C28H35N3O6S2/c1-3-5-18-30-26(32)23(27(33)31(28(30)38)19-6-4-2)15-10-11-16-25-29(17-12-20-39(34,35)36)21-24(37-25)22-13-8-7-9-14-22/h7-11,13-16,21H,3-6,12,17-20H2,1-2H3,(H,34,35,36)/b11-10+,25-16+. The summed E-state index contributed by atoms with van der Waals surface area (Å²) in [5.41, 5.74) is 0.895. The van der Waals surface area contributed by atoms with E-state index in [1.807, 2.05) is 44.2 Å². The third-order valence-corrected chi connectivity index (χ3v) is 7.37. The molecule has 1 fully saturated rings. The van der Waals surface area contributed by atoms with Gasteiger partial charge in [-0.1, -0.05) is 69.2 Å². The average molecular weight is 574 g/mol. The Labute approximate surface area is 235 Å². The Bertz CT molecular complexity index is 1250. The number of amides is 2. The maximum atomic E-state index is 13.1. The molecule has 2 aliphatic heterocycles. The lowest BCUT2D eigenvalue weighted by molar-refractivity contribution is -0.133. The molecule has 0 saturated carbocycles. The second kappa shape index (κ2) is 14.2. The number of benzene rings is 1. The van der Waals surface area contributed by atoms with Crippen molar-refractivity contribution in [3.8, 4) is 0 Å². The first-order chi connectivity index (χ1) is 18.7. The maximum absolute atomic E-state index is 13.1. The quantitative estimate of drug-likeness (QED) is 0.159. The van der Waals surface area contributed by atoms with E-state index in [1.165, 1.54) is 15.9 Å². The molecule has 0 unspecified atom stereocenters. The fourth-order valence-electron chi connectivity index (χ4n) is 4.02. The third kappa shape index (κ3) is 8.35. The Balaban J connectivity index is 1.82. The van der Waals surface area contributed by atoms with Gasteiger partial charge in [-0.25, -0.2) is 0 Å². The molecule has 0 bridgehead atoms. The van der Waals surface area contributed by atoms with E-state index in [-0.39, 0.29) is 22.9 Å². The zero-order chi connectivity index (χ0) is 28.4. The first-order valence-electron chi connectivity index (χ1n) is 13.1. The van der Waals surface area contributed by atoms with E-state index in [0.29, 0.717) is 31.3 Å². The van der Waals surface area contributed by atoms with Crippen LogP contribution in [0.2, 0.25) is 0 Å². The highest BCUT2D eigenvalue weighted by molar-refractivity contribution is 7.85. The number of thiocarbonyl (C=S) groups is 1. The van der Waals surface area contributed by atoms with Gasteiger partial charge in [0.1, 0.15) is 5.57 Å². The van der Waals surface area contributed by atoms with E-state index < -0.39 is 21.9 Å². The van der Waals surface area contributed by atoms with E-state index >= 15 is 0 Å². The van der Waals surface area contributed by atoms with Crippen molar-refractivity contribution in [2.45, 2.75) is 46.0 Å². The number of unbranched alkanes of at least 4 members (excludes halogenated alkanes) is 2. The van der Waals surface area contributed by atoms with Gasteiger partial charge in [0.25, 0.3) is 21.9 Å². The number of hydrogen-bond acceptors (Lipinski definition) is 7. The molecule has 0 aliphatic carbocycles. The topological polar surface area (TPSA) is 107 Å². The van der Waals surface area contributed by atoms with Gasteiger partial charge < -0.3 is 9.64 Å². The summed E-state index contributed by atoms with van der Waals surface area (Å²) >= 11 is 5.49. The lowest BCUT2D eigenvalue weighted by Gasteiger charge is -2.36. The molecule has 0 atom stereocenters. The lowest BCUT2D eigenvalue weighted by Crippen LogP contribution is -2.56. The largest absolute Gasteiger partial charge is 0.439 e. The number of carbonyl (C=O) groups is 2. The minimum atomic E-state index is -4.08.